The lowest BCUT2D eigenvalue weighted by atomic mass is 9.85. The van der Waals surface area contributed by atoms with Crippen LogP contribution in [0.4, 0.5) is 4.79 Å². The maximum Gasteiger partial charge on any atom is 0.325 e. The average molecular weight is 411 g/mol. The van der Waals surface area contributed by atoms with E-state index in [1.54, 1.807) is 0 Å². The lowest BCUT2D eigenvalue weighted by molar-refractivity contribution is -0.133. The van der Waals surface area contributed by atoms with Crippen LogP contribution in [-0.2, 0) is 10.3 Å². The van der Waals surface area contributed by atoms with Gasteiger partial charge in [-0.15, -0.1) is 0 Å². The first kappa shape index (κ1) is 21.8. The minimum absolute atomic E-state index is 0.00392. The van der Waals surface area contributed by atoms with Gasteiger partial charge in [0.15, 0.2) is 0 Å². The largest absolute Gasteiger partial charge is 0.490 e. The Morgan fingerprint density at radius 1 is 1.07 bits per heavy atom. The zero-order chi connectivity index (χ0) is 21.7. The highest BCUT2D eigenvalue weighted by Gasteiger charge is 2.52. The number of aliphatic hydroxyl groups is 1. The Kier molecular flexibility index (Phi) is 6.77. The highest BCUT2D eigenvalue weighted by molar-refractivity contribution is 6.07. The topological polar surface area (TPSA) is 78.9 Å². The van der Waals surface area contributed by atoms with E-state index >= 15 is 0 Å². The van der Waals surface area contributed by atoms with Crippen molar-refractivity contribution < 1.29 is 19.4 Å². The molecule has 0 aliphatic carbocycles. The number of aryl methyl sites for hydroxylation is 2. The molecule has 30 heavy (non-hydrogen) atoms. The molecule has 2 aromatic carbocycles. The second kappa shape index (κ2) is 9.30. The molecule has 0 radical (unpaired) electrons. The number of imide groups is 1. The molecular weight excluding hydrogens is 380 g/mol. The highest BCUT2D eigenvalue weighted by Crippen LogP contribution is 2.34. The molecule has 3 rings (SSSR count). The van der Waals surface area contributed by atoms with Crippen LogP contribution >= 0.6 is 0 Å². The van der Waals surface area contributed by atoms with Crippen molar-refractivity contribution in [2.75, 3.05) is 13.2 Å². The molecule has 6 nitrogen and oxygen atoms in total. The van der Waals surface area contributed by atoms with Gasteiger partial charge in [0.25, 0.3) is 5.91 Å². The number of benzene rings is 2. The summed E-state index contributed by atoms with van der Waals surface area (Å²) in [6, 6.07) is 14.7. The van der Waals surface area contributed by atoms with Gasteiger partial charge in [-0.05, 0) is 37.0 Å². The minimum Gasteiger partial charge on any atom is -0.490 e. The van der Waals surface area contributed by atoms with Gasteiger partial charge in [0.2, 0.25) is 0 Å². The van der Waals surface area contributed by atoms with Crippen molar-refractivity contribution in [1.82, 2.24) is 10.2 Å². The molecule has 1 saturated heterocycles. The van der Waals surface area contributed by atoms with Gasteiger partial charge in [-0.3, -0.25) is 9.69 Å². The van der Waals surface area contributed by atoms with E-state index in [4.69, 9.17) is 4.74 Å². The summed E-state index contributed by atoms with van der Waals surface area (Å²) < 4.78 is 5.79. The van der Waals surface area contributed by atoms with E-state index < -0.39 is 17.7 Å². The van der Waals surface area contributed by atoms with E-state index in [2.05, 4.69) is 5.32 Å². The Morgan fingerprint density at radius 3 is 2.37 bits per heavy atom. The maximum absolute atomic E-state index is 13.4. The van der Waals surface area contributed by atoms with Crippen LogP contribution in [0.15, 0.2) is 48.5 Å². The number of nitrogens with zero attached hydrogens (tertiary/aromatic N) is 1. The maximum atomic E-state index is 13.4. The van der Waals surface area contributed by atoms with E-state index in [1.807, 2.05) is 69.3 Å². The summed E-state index contributed by atoms with van der Waals surface area (Å²) in [4.78, 5) is 27.2. The lowest BCUT2D eigenvalue weighted by Crippen LogP contribution is -2.45. The van der Waals surface area contributed by atoms with E-state index in [-0.39, 0.29) is 19.1 Å². The van der Waals surface area contributed by atoms with E-state index in [9.17, 15) is 14.7 Å². The van der Waals surface area contributed by atoms with Crippen molar-refractivity contribution in [3.63, 3.8) is 0 Å². The van der Waals surface area contributed by atoms with E-state index in [0.29, 0.717) is 6.42 Å². The Morgan fingerprint density at radius 2 is 1.73 bits per heavy atom. The zero-order valence-corrected chi connectivity index (χ0v) is 17.9. The predicted octanol–water partition coefficient (Wildman–Crippen LogP) is 3.68. The van der Waals surface area contributed by atoms with Gasteiger partial charge >= 0.3 is 6.03 Å². The summed E-state index contributed by atoms with van der Waals surface area (Å²) in [5.74, 6) is 0.397. The molecule has 160 valence electrons. The molecule has 2 unspecified atom stereocenters. The van der Waals surface area contributed by atoms with Crippen LogP contribution in [0, 0.1) is 13.8 Å². The smallest absolute Gasteiger partial charge is 0.325 e. The first-order valence-electron chi connectivity index (χ1n) is 10.5. The molecular formula is C24H30N2O4. The molecule has 2 N–H and O–H groups in total. The summed E-state index contributed by atoms with van der Waals surface area (Å²) in [6.07, 6.45) is 1.23. The van der Waals surface area contributed by atoms with Crippen molar-refractivity contribution in [3.8, 4) is 5.75 Å². The summed E-state index contributed by atoms with van der Waals surface area (Å²) in [5.41, 5.74) is 1.63. The van der Waals surface area contributed by atoms with Crippen molar-refractivity contribution in [2.24, 2.45) is 0 Å². The predicted molar refractivity (Wildman–Crippen MR) is 115 cm³/mol. The number of carbonyl (C=O) groups excluding carboxylic acids is 2. The molecule has 1 aliphatic heterocycles. The third kappa shape index (κ3) is 4.33. The number of rotatable bonds is 9. The van der Waals surface area contributed by atoms with Crippen molar-refractivity contribution in [1.29, 1.82) is 0 Å². The van der Waals surface area contributed by atoms with Gasteiger partial charge in [-0.25, -0.2) is 4.79 Å². The number of nitrogens with one attached hydrogen (secondary N) is 1. The monoisotopic (exact) mass is 410 g/mol. The number of β-amino-alcohol motifs (C(OH)–C–C–N with tert-alkyl or cyclic N) is 1. The summed E-state index contributed by atoms with van der Waals surface area (Å²) in [7, 11) is 0. The molecule has 3 amide bonds. The molecule has 1 fully saturated rings. The quantitative estimate of drug-likeness (QED) is 0.618. The van der Waals surface area contributed by atoms with Gasteiger partial charge in [0.05, 0.1) is 6.54 Å². The van der Waals surface area contributed by atoms with E-state index in [0.717, 1.165) is 40.2 Å². The first-order chi connectivity index (χ1) is 14.4. The highest BCUT2D eigenvalue weighted by atomic mass is 16.5. The van der Waals surface area contributed by atoms with Gasteiger partial charge < -0.3 is 15.2 Å². The second-order valence-electron chi connectivity index (χ2n) is 7.91. The average Bonchev–Trinajstić information content (AvgIpc) is 2.97. The van der Waals surface area contributed by atoms with E-state index in [1.165, 1.54) is 0 Å². The molecule has 0 saturated carbocycles. The Labute approximate surface area is 177 Å². The second-order valence-corrected chi connectivity index (χ2v) is 7.91. The molecule has 0 spiro atoms. The number of unbranched alkanes of at least 4 members (excludes halogenated alkanes) is 1. The molecule has 6 heteroatoms. The van der Waals surface area contributed by atoms with Gasteiger partial charge in [-0.2, -0.15) is 0 Å². The fourth-order valence-corrected chi connectivity index (χ4v) is 3.94. The third-order valence-corrected chi connectivity index (χ3v) is 5.57. The van der Waals surface area contributed by atoms with Crippen LogP contribution in [0.1, 0.15) is 42.9 Å². The van der Waals surface area contributed by atoms with Crippen molar-refractivity contribution in [3.05, 3.63) is 65.2 Å². The Hall–Kier alpha value is -2.86. The van der Waals surface area contributed by atoms with Crippen LogP contribution < -0.4 is 10.1 Å². The van der Waals surface area contributed by atoms with Crippen LogP contribution in [0.3, 0.4) is 0 Å². The standard InChI is InChI=1S/C24H30N2O4/c1-4-5-14-24(19-12-7-6-8-13-19)22(28)26(23(29)25-24)15-20(27)16-30-21-17(2)10-9-11-18(21)3/h6-13,20,27H,4-5,14-16H2,1-3H3,(H,25,29). The van der Waals surface area contributed by atoms with Gasteiger partial charge in [0, 0.05) is 0 Å². The zero-order valence-electron chi connectivity index (χ0n) is 17.9. The SMILES string of the molecule is CCCCC1(c2ccccc2)NC(=O)N(CC(O)COc2c(C)cccc2C)C1=O. The lowest BCUT2D eigenvalue weighted by Gasteiger charge is -2.27. The number of carbonyl (C=O) groups is 2. The first-order valence-corrected chi connectivity index (χ1v) is 10.5. The van der Waals surface area contributed by atoms with Crippen LogP contribution in [0.5, 0.6) is 5.75 Å². The fourth-order valence-electron chi connectivity index (χ4n) is 3.94. The Bertz CT molecular complexity index is 879. The number of hydrogen-bond donors (Lipinski definition) is 2. The summed E-state index contributed by atoms with van der Waals surface area (Å²) in [5, 5.41) is 13.4. The number of aliphatic hydroxyl groups excluding tert-OH is 1. The van der Waals surface area contributed by atoms with Gasteiger partial charge in [-0.1, -0.05) is 68.3 Å². The Balaban J connectivity index is 1.73. The van der Waals surface area contributed by atoms with Crippen molar-refractivity contribution >= 4 is 11.9 Å². The number of hydrogen-bond acceptors (Lipinski definition) is 4. The number of urea groups is 1. The number of para-hydroxylation sites is 1. The van der Waals surface area contributed by atoms with Crippen molar-refractivity contribution in [2.45, 2.75) is 51.7 Å². The molecule has 1 heterocycles. The molecule has 1 aliphatic rings. The molecule has 2 atom stereocenters. The summed E-state index contributed by atoms with van der Waals surface area (Å²) >= 11 is 0. The van der Waals surface area contributed by atoms with Crippen LogP contribution in [0.25, 0.3) is 0 Å². The fraction of sp³-hybridized carbons (Fsp3) is 0.417. The number of ether oxygens (including phenoxy) is 1. The minimum atomic E-state index is -1.08. The molecule has 2 aromatic rings. The van der Waals surface area contributed by atoms with Crippen LogP contribution in [0.2, 0.25) is 0 Å². The molecule has 0 bridgehead atoms. The number of amides is 3. The third-order valence-electron chi connectivity index (χ3n) is 5.57. The van der Waals surface area contributed by atoms with Gasteiger partial charge in [0.1, 0.15) is 24.0 Å². The normalized spacial score (nSPS) is 19.7. The molecule has 0 aromatic heterocycles. The summed E-state index contributed by atoms with van der Waals surface area (Å²) in [6.45, 7) is 5.81. The van der Waals surface area contributed by atoms with Crippen LogP contribution in [-0.4, -0.2) is 41.2 Å².